The predicted molar refractivity (Wildman–Crippen MR) is 125 cm³/mol. The van der Waals surface area contributed by atoms with E-state index in [9.17, 15) is 0 Å². The Kier molecular flexibility index (Phi) is 9.43. The number of piperazine rings is 1. The lowest BCUT2D eigenvalue weighted by Crippen LogP contribution is -2.48. The van der Waals surface area contributed by atoms with Crippen molar-refractivity contribution < 1.29 is 4.74 Å². The summed E-state index contributed by atoms with van der Waals surface area (Å²) in [6.07, 6.45) is 6.24. The van der Waals surface area contributed by atoms with E-state index in [0.29, 0.717) is 5.41 Å². The Balaban J connectivity index is 1.26. The summed E-state index contributed by atoms with van der Waals surface area (Å²) in [6, 6.07) is 10.8. The van der Waals surface area contributed by atoms with Crippen molar-refractivity contribution in [2.75, 3.05) is 66.6 Å². The number of nitrogens with one attached hydrogen (secondary N) is 2. The zero-order valence-corrected chi connectivity index (χ0v) is 19.0. The molecule has 1 aliphatic heterocycles. The van der Waals surface area contributed by atoms with E-state index in [1.807, 2.05) is 7.05 Å². The van der Waals surface area contributed by atoms with Crippen LogP contribution in [-0.2, 0) is 11.3 Å². The fourth-order valence-electron chi connectivity index (χ4n) is 4.52. The van der Waals surface area contributed by atoms with E-state index in [4.69, 9.17) is 4.74 Å². The summed E-state index contributed by atoms with van der Waals surface area (Å²) in [4.78, 5) is 9.56. The topological polar surface area (TPSA) is 52.1 Å². The molecule has 0 spiro atoms. The smallest absolute Gasteiger partial charge is 0.190 e. The van der Waals surface area contributed by atoms with Gasteiger partial charge < -0.3 is 20.3 Å². The highest BCUT2D eigenvalue weighted by molar-refractivity contribution is 5.79. The largest absolute Gasteiger partial charge is 0.385 e. The molecule has 1 saturated carbocycles. The van der Waals surface area contributed by atoms with Crippen molar-refractivity contribution in [2.24, 2.45) is 10.4 Å². The second-order valence-corrected chi connectivity index (χ2v) is 8.91. The number of guanidine groups is 1. The number of ether oxygens (including phenoxy) is 1. The Bertz CT molecular complexity index is 624. The van der Waals surface area contributed by atoms with E-state index in [2.05, 4.69) is 55.8 Å². The van der Waals surface area contributed by atoms with Crippen LogP contribution in [0.2, 0.25) is 0 Å². The van der Waals surface area contributed by atoms with Gasteiger partial charge in [0.2, 0.25) is 0 Å². The SMILES string of the molecule is CN=C(NCCCN1CCN(Cc2ccccc2)CC1)NCC1(CCOC)CCC1. The van der Waals surface area contributed by atoms with E-state index in [-0.39, 0.29) is 0 Å². The third-order valence-electron chi connectivity index (χ3n) is 6.76. The molecule has 6 heteroatoms. The highest BCUT2D eigenvalue weighted by Crippen LogP contribution is 2.43. The first kappa shape index (κ1) is 23.0. The molecule has 3 rings (SSSR count). The van der Waals surface area contributed by atoms with Crippen molar-refractivity contribution in [3.8, 4) is 0 Å². The van der Waals surface area contributed by atoms with Crippen LogP contribution in [-0.4, -0.2) is 82.3 Å². The van der Waals surface area contributed by atoms with E-state index < -0.39 is 0 Å². The summed E-state index contributed by atoms with van der Waals surface area (Å²) < 4.78 is 5.30. The van der Waals surface area contributed by atoms with Crippen LogP contribution in [0.4, 0.5) is 0 Å². The molecule has 0 bridgehead atoms. The molecular formula is C24H41N5O. The fourth-order valence-corrected chi connectivity index (χ4v) is 4.52. The monoisotopic (exact) mass is 415 g/mol. The molecule has 1 aromatic rings. The molecule has 0 aromatic heterocycles. The van der Waals surface area contributed by atoms with Gasteiger partial charge in [0.15, 0.2) is 5.96 Å². The van der Waals surface area contributed by atoms with Gasteiger partial charge in [-0.05, 0) is 43.2 Å². The van der Waals surface area contributed by atoms with Gasteiger partial charge in [-0.15, -0.1) is 0 Å². The van der Waals surface area contributed by atoms with Gasteiger partial charge in [-0.25, -0.2) is 0 Å². The number of aliphatic imine (C=N–C) groups is 1. The number of hydrogen-bond donors (Lipinski definition) is 2. The second kappa shape index (κ2) is 12.3. The summed E-state index contributed by atoms with van der Waals surface area (Å²) >= 11 is 0. The number of benzene rings is 1. The summed E-state index contributed by atoms with van der Waals surface area (Å²) in [6.45, 7) is 9.71. The van der Waals surface area contributed by atoms with Crippen LogP contribution < -0.4 is 10.6 Å². The molecule has 0 atom stereocenters. The maximum atomic E-state index is 5.30. The quantitative estimate of drug-likeness (QED) is 0.331. The number of rotatable bonds is 11. The number of nitrogens with zero attached hydrogens (tertiary/aromatic N) is 3. The molecule has 1 aliphatic carbocycles. The molecule has 2 aliphatic rings. The lowest BCUT2D eigenvalue weighted by molar-refractivity contribution is 0.0732. The van der Waals surface area contributed by atoms with Crippen molar-refractivity contribution in [1.82, 2.24) is 20.4 Å². The first-order valence-corrected chi connectivity index (χ1v) is 11.7. The molecule has 2 fully saturated rings. The van der Waals surface area contributed by atoms with Crippen molar-refractivity contribution in [1.29, 1.82) is 0 Å². The zero-order chi connectivity index (χ0) is 21.1. The Morgan fingerprint density at radius 2 is 1.80 bits per heavy atom. The van der Waals surface area contributed by atoms with Crippen LogP contribution in [0.3, 0.4) is 0 Å². The first-order valence-electron chi connectivity index (χ1n) is 11.7. The molecule has 1 heterocycles. The molecular weight excluding hydrogens is 374 g/mol. The van der Waals surface area contributed by atoms with E-state index >= 15 is 0 Å². The van der Waals surface area contributed by atoms with Gasteiger partial charge in [0.05, 0.1) is 0 Å². The summed E-state index contributed by atoms with van der Waals surface area (Å²) in [5.74, 6) is 0.936. The van der Waals surface area contributed by atoms with Crippen molar-refractivity contribution in [3.05, 3.63) is 35.9 Å². The molecule has 168 valence electrons. The average Bonchev–Trinajstić information content (AvgIpc) is 2.76. The van der Waals surface area contributed by atoms with Gasteiger partial charge in [0, 0.05) is 66.6 Å². The van der Waals surface area contributed by atoms with Crippen LogP contribution >= 0.6 is 0 Å². The van der Waals surface area contributed by atoms with Crippen LogP contribution in [0.15, 0.2) is 35.3 Å². The molecule has 0 radical (unpaired) electrons. The van der Waals surface area contributed by atoms with Gasteiger partial charge in [-0.3, -0.25) is 9.89 Å². The fraction of sp³-hybridized carbons (Fsp3) is 0.708. The number of methoxy groups -OCH3 is 1. The highest BCUT2D eigenvalue weighted by atomic mass is 16.5. The van der Waals surface area contributed by atoms with Gasteiger partial charge in [-0.1, -0.05) is 36.8 Å². The van der Waals surface area contributed by atoms with Gasteiger partial charge >= 0.3 is 0 Å². The van der Waals surface area contributed by atoms with Crippen LogP contribution in [0, 0.1) is 5.41 Å². The Labute approximate surface area is 183 Å². The normalized spacial score (nSPS) is 20.0. The number of hydrogen-bond acceptors (Lipinski definition) is 4. The lowest BCUT2D eigenvalue weighted by Gasteiger charge is -2.42. The minimum atomic E-state index is 0.410. The third-order valence-corrected chi connectivity index (χ3v) is 6.76. The molecule has 1 saturated heterocycles. The van der Waals surface area contributed by atoms with Crippen LogP contribution in [0.1, 0.15) is 37.7 Å². The van der Waals surface area contributed by atoms with E-state index in [1.165, 1.54) is 37.9 Å². The zero-order valence-electron chi connectivity index (χ0n) is 19.0. The summed E-state index contributed by atoms with van der Waals surface area (Å²) in [5.41, 5.74) is 1.83. The molecule has 6 nitrogen and oxygen atoms in total. The average molecular weight is 416 g/mol. The van der Waals surface area contributed by atoms with Gasteiger partial charge in [-0.2, -0.15) is 0 Å². The van der Waals surface area contributed by atoms with E-state index in [1.54, 1.807) is 7.11 Å². The third kappa shape index (κ3) is 7.25. The molecule has 0 amide bonds. The van der Waals surface area contributed by atoms with Crippen LogP contribution in [0.25, 0.3) is 0 Å². The van der Waals surface area contributed by atoms with Crippen molar-refractivity contribution >= 4 is 5.96 Å². The minimum absolute atomic E-state index is 0.410. The molecule has 2 N–H and O–H groups in total. The first-order chi connectivity index (χ1) is 14.7. The highest BCUT2D eigenvalue weighted by Gasteiger charge is 2.36. The van der Waals surface area contributed by atoms with Gasteiger partial charge in [0.1, 0.15) is 0 Å². The minimum Gasteiger partial charge on any atom is -0.385 e. The summed E-state index contributed by atoms with van der Waals surface area (Å²) in [7, 11) is 3.66. The standard InChI is InChI=1S/C24H41N5O/c1-25-23(27-21-24(10-6-11-24)12-19-30-2)26-13-7-14-28-15-17-29(18-16-28)20-22-8-4-3-5-9-22/h3-5,8-9H,6-7,10-21H2,1-2H3,(H2,25,26,27). The Morgan fingerprint density at radius 3 is 2.43 bits per heavy atom. The Morgan fingerprint density at radius 1 is 1.07 bits per heavy atom. The van der Waals surface area contributed by atoms with Gasteiger partial charge in [0.25, 0.3) is 0 Å². The molecule has 30 heavy (non-hydrogen) atoms. The lowest BCUT2D eigenvalue weighted by atomic mass is 9.67. The van der Waals surface area contributed by atoms with Crippen LogP contribution in [0.5, 0.6) is 0 Å². The van der Waals surface area contributed by atoms with Crippen molar-refractivity contribution in [2.45, 2.75) is 38.6 Å². The predicted octanol–water partition coefficient (Wildman–Crippen LogP) is 2.57. The maximum Gasteiger partial charge on any atom is 0.190 e. The summed E-state index contributed by atoms with van der Waals surface area (Å²) in [5, 5.41) is 7.05. The van der Waals surface area contributed by atoms with E-state index in [0.717, 1.165) is 64.7 Å². The Hall–Kier alpha value is -1.63. The molecule has 0 unspecified atom stereocenters. The second-order valence-electron chi connectivity index (χ2n) is 8.91. The van der Waals surface area contributed by atoms with Crippen molar-refractivity contribution in [3.63, 3.8) is 0 Å². The molecule has 1 aromatic carbocycles. The maximum absolute atomic E-state index is 5.30.